The van der Waals surface area contributed by atoms with Crippen molar-refractivity contribution in [3.8, 4) is 0 Å². The van der Waals surface area contributed by atoms with Crippen LogP contribution >= 0.6 is 0 Å². The second-order valence-electron chi connectivity index (χ2n) is 7.06. The molecule has 0 radical (unpaired) electrons. The van der Waals surface area contributed by atoms with Gasteiger partial charge in [0.2, 0.25) is 5.91 Å². The summed E-state index contributed by atoms with van der Waals surface area (Å²) in [5, 5.41) is 12.4. The number of rotatable bonds is 6. The van der Waals surface area contributed by atoms with Gasteiger partial charge in [-0.1, -0.05) is 31.2 Å². The molecule has 1 saturated heterocycles. The number of carboxylic acids is 1. The van der Waals surface area contributed by atoms with Crippen molar-refractivity contribution in [2.24, 2.45) is 5.41 Å². The summed E-state index contributed by atoms with van der Waals surface area (Å²) in [6, 6.07) is 8.00. The van der Waals surface area contributed by atoms with Crippen LogP contribution in [-0.4, -0.2) is 36.7 Å². The maximum Gasteiger partial charge on any atom is 0.311 e. The van der Waals surface area contributed by atoms with Crippen LogP contribution in [0.4, 0.5) is 0 Å². The quantitative estimate of drug-likeness (QED) is 0.839. The van der Waals surface area contributed by atoms with Gasteiger partial charge in [-0.3, -0.25) is 9.59 Å². The molecule has 0 aromatic heterocycles. The second-order valence-corrected chi connectivity index (χ2v) is 7.06. The van der Waals surface area contributed by atoms with Crippen molar-refractivity contribution in [1.29, 1.82) is 0 Å². The molecule has 1 aromatic rings. The van der Waals surface area contributed by atoms with E-state index in [1.54, 1.807) is 0 Å². The number of hydrogen-bond acceptors (Lipinski definition) is 3. The molecule has 1 amide bonds. The molecule has 5 nitrogen and oxygen atoms in total. The van der Waals surface area contributed by atoms with Crippen molar-refractivity contribution in [1.82, 2.24) is 5.32 Å². The largest absolute Gasteiger partial charge is 0.481 e. The first kappa shape index (κ1) is 18.5. The predicted octanol–water partition coefficient (Wildman–Crippen LogP) is 2.52. The Labute approximate surface area is 143 Å². The van der Waals surface area contributed by atoms with Gasteiger partial charge in [0.15, 0.2) is 0 Å². The Balaban J connectivity index is 2.07. The zero-order valence-electron chi connectivity index (χ0n) is 14.7. The zero-order valence-corrected chi connectivity index (χ0v) is 14.7. The van der Waals surface area contributed by atoms with Crippen LogP contribution in [0.25, 0.3) is 0 Å². The normalized spacial score (nSPS) is 17.3. The highest BCUT2D eigenvalue weighted by molar-refractivity contribution is 5.88. The second kappa shape index (κ2) is 7.34. The number of amides is 1. The molecule has 1 aromatic carbocycles. The SMILES string of the molecule is CCc1ccc(C(C)(C)C(=O)NCC2(C(=O)O)CCOCC2)cc1. The number of hydrogen-bond donors (Lipinski definition) is 2. The fraction of sp³-hybridized carbons (Fsp3) is 0.579. The van der Waals surface area contributed by atoms with E-state index in [1.807, 2.05) is 38.1 Å². The van der Waals surface area contributed by atoms with E-state index in [9.17, 15) is 14.7 Å². The van der Waals surface area contributed by atoms with Crippen molar-refractivity contribution < 1.29 is 19.4 Å². The van der Waals surface area contributed by atoms with Crippen molar-refractivity contribution in [3.05, 3.63) is 35.4 Å². The molecule has 1 aliphatic rings. The lowest BCUT2D eigenvalue weighted by Crippen LogP contribution is -2.50. The molecule has 1 aliphatic heterocycles. The Hall–Kier alpha value is -1.88. The summed E-state index contributed by atoms with van der Waals surface area (Å²) in [7, 11) is 0. The summed E-state index contributed by atoms with van der Waals surface area (Å²) in [6.45, 7) is 6.79. The van der Waals surface area contributed by atoms with Gasteiger partial charge in [0.1, 0.15) is 0 Å². The lowest BCUT2D eigenvalue weighted by molar-refractivity contribution is -0.154. The molecular weight excluding hydrogens is 306 g/mol. The minimum Gasteiger partial charge on any atom is -0.481 e. The fourth-order valence-electron chi connectivity index (χ4n) is 2.99. The number of aryl methyl sites for hydroxylation is 1. The average molecular weight is 333 g/mol. The van der Waals surface area contributed by atoms with E-state index < -0.39 is 16.8 Å². The summed E-state index contributed by atoms with van der Waals surface area (Å²) in [5.41, 5.74) is 0.517. The van der Waals surface area contributed by atoms with Gasteiger partial charge in [-0.05, 0) is 44.2 Å². The third-order valence-corrected chi connectivity index (χ3v) is 5.14. The molecule has 2 rings (SSSR count). The number of benzene rings is 1. The van der Waals surface area contributed by atoms with Crippen LogP contribution in [0.15, 0.2) is 24.3 Å². The van der Waals surface area contributed by atoms with Gasteiger partial charge in [0, 0.05) is 19.8 Å². The third kappa shape index (κ3) is 3.78. The van der Waals surface area contributed by atoms with E-state index in [4.69, 9.17) is 4.74 Å². The predicted molar refractivity (Wildman–Crippen MR) is 92.0 cm³/mol. The van der Waals surface area contributed by atoms with E-state index in [0.29, 0.717) is 26.1 Å². The summed E-state index contributed by atoms with van der Waals surface area (Å²) in [5.74, 6) is -1.02. The topological polar surface area (TPSA) is 75.6 Å². The Kier molecular flexibility index (Phi) is 5.65. The maximum absolute atomic E-state index is 12.7. The van der Waals surface area contributed by atoms with E-state index in [1.165, 1.54) is 5.56 Å². The maximum atomic E-state index is 12.7. The number of carbonyl (C=O) groups is 2. The summed E-state index contributed by atoms with van der Waals surface area (Å²) < 4.78 is 5.26. The molecule has 0 atom stereocenters. The average Bonchev–Trinajstić information content (AvgIpc) is 2.60. The van der Waals surface area contributed by atoms with Gasteiger partial charge in [0.25, 0.3) is 0 Å². The third-order valence-electron chi connectivity index (χ3n) is 5.14. The number of nitrogens with one attached hydrogen (secondary N) is 1. The summed E-state index contributed by atoms with van der Waals surface area (Å²) in [4.78, 5) is 24.4. The highest BCUT2D eigenvalue weighted by Crippen LogP contribution is 2.31. The first-order valence-corrected chi connectivity index (χ1v) is 8.51. The molecule has 2 N–H and O–H groups in total. The smallest absolute Gasteiger partial charge is 0.311 e. The van der Waals surface area contributed by atoms with Gasteiger partial charge < -0.3 is 15.2 Å². The van der Waals surface area contributed by atoms with E-state index in [-0.39, 0.29) is 12.5 Å². The van der Waals surface area contributed by atoms with Crippen molar-refractivity contribution in [2.75, 3.05) is 19.8 Å². The Morgan fingerprint density at radius 3 is 2.29 bits per heavy atom. The minimum atomic E-state index is -0.921. The van der Waals surface area contributed by atoms with Crippen LogP contribution in [0.3, 0.4) is 0 Å². The number of carboxylic acid groups (broad SMARTS) is 1. The fourth-order valence-corrected chi connectivity index (χ4v) is 2.99. The first-order valence-electron chi connectivity index (χ1n) is 8.51. The molecule has 1 fully saturated rings. The van der Waals surface area contributed by atoms with Crippen molar-refractivity contribution >= 4 is 11.9 Å². The molecule has 0 spiro atoms. The Morgan fingerprint density at radius 2 is 1.79 bits per heavy atom. The Morgan fingerprint density at radius 1 is 1.21 bits per heavy atom. The van der Waals surface area contributed by atoms with Crippen LogP contribution in [-0.2, 0) is 26.2 Å². The van der Waals surface area contributed by atoms with Gasteiger partial charge >= 0.3 is 5.97 Å². The molecule has 0 saturated carbocycles. The minimum absolute atomic E-state index is 0.140. The summed E-state index contributed by atoms with van der Waals surface area (Å²) in [6.07, 6.45) is 1.80. The number of aliphatic carboxylic acids is 1. The molecule has 24 heavy (non-hydrogen) atoms. The number of carbonyl (C=O) groups excluding carboxylic acids is 1. The van der Waals surface area contributed by atoms with Crippen LogP contribution in [0, 0.1) is 5.41 Å². The molecule has 1 heterocycles. The van der Waals surface area contributed by atoms with E-state index in [0.717, 1.165) is 12.0 Å². The standard InChI is InChI=1S/C19H27NO4/c1-4-14-5-7-15(8-6-14)18(2,3)16(21)20-13-19(17(22)23)9-11-24-12-10-19/h5-8H,4,9-13H2,1-3H3,(H,20,21)(H,22,23). The van der Waals surface area contributed by atoms with Crippen molar-refractivity contribution in [3.63, 3.8) is 0 Å². The van der Waals surface area contributed by atoms with Crippen LogP contribution < -0.4 is 5.32 Å². The lowest BCUT2D eigenvalue weighted by Gasteiger charge is -2.34. The van der Waals surface area contributed by atoms with E-state index >= 15 is 0 Å². The van der Waals surface area contributed by atoms with Crippen LogP contribution in [0.2, 0.25) is 0 Å². The molecule has 0 unspecified atom stereocenters. The zero-order chi connectivity index (χ0) is 17.8. The van der Waals surface area contributed by atoms with E-state index in [2.05, 4.69) is 12.2 Å². The molecule has 0 aliphatic carbocycles. The van der Waals surface area contributed by atoms with Crippen molar-refractivity contribution in [2.45, 2.75) is 45.4 Å². The summed E-state index contributed by atoms with van der Waals surface area (Å²) >= 11 is 0. The molecule has 0 bridgehead atoms. The highest BCUT2D eigenvalue weighted by Gasteiger charge is 2.41. The monoisotopic (exact) mass is 333 g/mol. The first-order chi connectivity index (χ1) is 11.3. The van der Waals surface area contributed by atoms with Gasteiger partial charge in [0.05, 0.1) is 10.8 Å². The van der Waals surface area contributed by atoms with Crippen LogP contribution in [0.5, 0.6) is 0 Å². The lowest BCUT2D eigenvalue weighted by atomic mass is 9.79. The van der Waals surface area contributed by atoms with Gasteiger partial charge in [-0.25, -0.2) is 0 Å². The van der Waals surface area contributed by atoms with Gasteiger partial charge in [-0.15, -0.1) is 0 Å². The van der Waals surface area contributed by atoms with Gasteiger partial charge in [-0.2, -0.15) is 0 Å². The van der Waals surface area contributed by atoms with Crippen LogP contribution in [0.1, 0.15) is 44.7 Å². The number of ether oxygens (including phenoxy) is 1. The highest BCUT2D eigenvalue weighted by atomic mass is 16.5. The molecule has 132 valence electrons. The molecule has 5 heteroatoms. The Bertz CT molecular complexity index is 586. The molecular formula is C19H27NO4.